The van der Waals surface area contributed by atoms with E-state index in [-0.39, 0.29) is 34.0 Å². The molecule has 0 aliphatic heterocycles. The molecular weight excluding hydrogens is 208 g/mol. The number of ether oxygens (including phenoxy) is 6. The maximum atomic E-state index is 10.3. The number of carbonyl (C=O) groups excluding carboxylic acids is 1. The molecule has 0 aliphatic carbocycles. The van der Waals surface area contributed by atoms with Gasteiger partial charge in [-0.05, 0) is 0 Å². The number of carbonyl (C=O) groups is 1. The highest BCUT2D eigenvalue weighted by Gasteiger charge is 1.92. The van der Waals surface area contributed by atoms with Gasteiger partial charge in [0, 0.05) is 14.0 Å². The standard InChI is InChI=1S/C8H16O7/c1-8(9)15-7-14-6-13-5-12-4-11-3-10-2/h3-7H2,1-2H3. The normalized spacial score (nSPS) is 10.3. The van der Waals surface area contributed by atoms with E-state index in [9.17, 15) is 4.79 Å². The van der Waals surface area contributed by atoms with Gasteiger partial charge in [0.2, 0.25) is 0 Å². The molecule has 0 atom stereocenters. The minimum absolute atomic E-state index is 0.0163. The van der Waals surface area contributed by atoms with Gasteiger partial charge in [0.1, 0.15) is 6.79 Å². The van der Waals surface area contributed by atoms with Gasteiger partial charge in [-0.3, -0.25) is 4.79 Å². The fourth-order valence-corrected chi connectivity index (χ4v) is 0.521. The molecular formula is C8H16O7. The Morgan fingerprint density at radius 1 is 0.867 bits per heavy atom. The first kappa shape index (κ1) is 14.3. The van der Waals surface area contributed by atoms with Crippen molar-refractivity contribution < 1.29 is 33.2 Å². The van der Waals surface area contributed by atoms with Crippen LogP contribution in [0.5, 0.6) is 0 Å². The Labute approximate surface area is 88.1 Å². The highest BCUT2D eigenvalue weighted by molar-refractivity contribution is 5.65. The first-order valence-corrected chi connectivity index (χ1v) is 4.20. The summed E-state index contributed by atoms with van der Waals surface area (Å²) in [5.41, 5.74) is 0. The number of hydrogen-bond acceptors (Lipinski definition) is 7. The first-order chi connectivity index (χ1) is 7.27. The van der Waals surface area contributed by atoms with Crippen molar-refractivity contribution in [3.05, 3.63) is 0 Å². The van der Waals surface area contributed by atoms with E-state index < -0.39 is 5.97 Å². The average Bonchev–Trinajstić information content (AvgIpc) is 2.20. The fraction of sp³-hybridized carbons (Fsp3) is 0.875. The zero-order valence-corrected chi connectivity index (χ0v) is 8.89. The fourth-order valence-electron chi connectivity index (χ4n) is 0.521. The number of rotatable bonds is 10. The summed E-state index contributed by atoms with van der Waals surface area (Å²) in [5, 5.41) is 0. The molecule has 0 unspecified atom stereocenters. The van der Waals surface area contributed by atoms with E-state index >= 15 is 0 Å². The maximum absolute atomic E-state index is 10.3. The number of hydrogen-bond donors (Lipinski definition) is 0. The zero-order chi connectivity index (χ0) is 11.4. The van der Waals surface area contributed by atoms with Gasteiger partial charge in [0.25, 0.3) is 0 Å². The molecule has 0 rings (SSSR count). The summed E-state index contributed by atoms with van der Waals surface area (Å²) >= 11 is 0. The van der Waals surface area contributed by atoms with Gasteiger partial charge in [0.05, 0.1) is 0 Å². The van der Waals surface area contributed by atoms with Gasteiger partial charge < -0.3 is 28.4 Å². The second-order valence-corrected chi connectivity index (χ2v) is 2.33. The lowest BCUT2D eigenvalue weighted by Gasteiger charge is -2.06. The van der Waals surface area contributed by atoms with E-state index in [2.05, 4.69) is 9.47 Å². The molecule has 0 aromatic rings. The van der Waals surface area contributed by atoms with Crippen molar-refractivity contribution in [3.8, 4) is 0 Å². The van der Waals surface area contributed by atoms with E-state index in [1.807, 2.05) is 0 Å². The molecule has 0 amide bonds. The van der Waals surface area contributed by atoms with Crippen LogP contribution in [0.15, 0.2) is 0 Å². The van der Waals surface area contributed by atoms with Crippen molar-refractivity contribution in [3.63, 3.8) is 0 Å². The van der Waals surface area contributed by atoms with Crippen LogP contribution in [-0.2, 0) is 33.2 Å². The summed E-state index contributed by atoms with van der Waals surface area (Å²) < 4.78 is 28.3. The highest BCUT2D eigenvalue weighted by Crippen LogP contribution is 1.84. The third-order valence-electron chi connectivity index (χ3n) is 1.05. The van der Waals surface area contributed by atoms with Crippen LogP contribution >= 0.6 is 0 Å². The predicted molar refractivity (Wildman–Crippen MR) is 47.5 cm³/mol. The lowest BCUT2D eigenvalue weighted by atomic mass is 10.8. The van der Waals surface area contributed by atoms with Crippen molar-refractivity contribution in [2.24, 2.45) is 0 Å². The molecule has 7 nitrogen and oxygen atoms in total. The predicted octanol–water partition coefficient (Wildman–Crippen LogP) is 0.0498. The van der Waals surface area contributed by atoms with Crippen LogP contribution in [0.2, 0.25) is 0 Å². The monoisotopic (exact) mass is 224 g/mol. The molecule has 0 radical (unpaired) electrons. The average molecular weight is 224 g/mol. The molecule has 0 bridgehead atoms. The molecule has 0 spiro atoms. The summed E-state index contributed by atoms with van der Waals surface area (Å²) in [6.07, 6.45) is 0. The third kappa shape index (κ3) is 13.3. The molecule has 0 heterocycles. The lowest BCUT2D eigenvalue weighted by Crippen LogP contribution is -2.10. The Balaban J connectivity index is 2.89. The van der Waals surface area contributed by atoms with Crippen LogP contribution in [0, 0.1) is 0 Å². The quantitative estimate of drug-likeness (QED) is 0.295. The smallest absolute Gasteiger partial charge is 0.304 e. The van der Waals surface area contributed by atoms with E-state index in [1.165, 1.54) is 14.0 Å². The van der Waals surface area contributed by atoms with Crippen molar-refractivity contribution in [1.82, 2.24) is 0 Å². The topological polar surface area (TPSA) is 72.5 Å². The van der Waals surface area contributed by atoms with Crippen molar-refractivity contribution >= 4 is 5.97 Å². The SMILES string of the molecule is COCOCOCOCOCOC(C)=O. The molecule has 0 saturated heterocycles. The van der Waals surface area contributed by atoms with E-state index in [0.29, 0.717) is 0 Å². The molecule has 0 saturated carbocycles. The van der Waals surface area contributed by atoms with Gasteiger partial charge in [-0.25, -0.2) is 0 Å². The van der Waals surface area contributed by atoms with Crippen molar-refractivity contribution in [2.45, 2.75) is 6.92 Å². The molecule has 0 N–H and O–H groups in total. The largest absolute Gasteiger partial charge is 0.439 e. The van der Waals surface area contributed by atoms with Crippen molar-refractivity contribution in [1.29, 1.82) is 0 Å². The van der Waals surface area contributed by atoms with Crippen LogP contribution in [-0.4, -0.2) is 47.0 Å². The van der Waals surface area contributed by atoms with Crippen molar-refractivity contribution in [2.75, 3.05) is 41.1 Å². The molecule has 0 aromatic carbocycles. The van der Waals surface area contributed by atoms with E-state index in [1.54, 1.807) is 0 Å². The summed E-state index contributed by atoms with van der Waals surface area (Å²) in [6.45, 7) is 1.43. The first-order valence-electron chi connectivity index (χ1n) is 4.20. The van der Waals surface area contributed by atoms with Gasteiger partial charge in [0.15, 0.2) is 27.2 Å². The van der Waals surface area contributed by atoms with E-state index in [0.717, 1.165) is 0 Å². The maximum Gasteiger partial charge on any atom is 0.304 e. The highest BCUT2D eigenvalue weighted by atomic mass is 16.8. The second-order valence-electron chi connectivity index (χ2n) is 2.33. The number of methoxy groups -OCH3 is 1. The second kappa shape index (κ2) is 11.3. The van der Waals surface area contributed by atoms with Crippen LogP contribution in [0.1, 0.15) is 6.92 Å². The third-order valence-corrected chi connectivity index (χ3v) is 1.05. The van der Waals surface area contributed by atoms with Crippen LogP contribution in [0.25, 0.3) is 0 Å². The summed E-state index contributed by atoms with van der Waals surface area (Å²) in [7, 11) is 1.51. The van der Waals surface area contributed by atoms with Gasteiger partial charge in [-0.1, -0.05) is 0 Å². The molecule has 7 heteroatoms. The summed E-state index contributed by atoms with van der Waals surface area (Å²) in [4.78, 5) is 10.3. The zero-order valence-electron chi connectivity index (χ0n) is 8.89. The van der Waals surface area contributed by atoms with Crippen LogP contribution in [0.3, 0.4) is 0 Å². The Hall–Kier alpha value is -0.730. The molecule has 0 aromatic heterocycles. The Morgan fingerprint density at radius 2 is 1.33 bits per heavy atom. The molecule has 90 valence electrons. The molecule has 0 fully saturated rings. The van der Waals surface area contributed by atoms with Gasteiger partial charge in [-0.2, -0.15) is 0 Å². The van der Waals surface area contributed by atoms with Crippen LogP contribution in [0.4, 0.5) is 0 Å². The van der Waals surface area contributed by atoms with Crippen LogP contribution < -0.4 is 0 Å². The molecule has 15 heavy (non-hydrogen) atoms. The Kier molecular flexibility index (Phi) is 10.8. The summed E-state index contributed by atoms with van der Waals surface area (Å²) in [5.74, 6) is -0.404. The van der Waals surface area contributed by atoms with Gasteiger partial charge >= 0.3 is 5.97 Å². The molecule has 0 aliphatic rings. The van der Waals surface area contributed by atoms with E-state index in [4.69, 9.17) is 18.9 Å². The Bertz CT molecular complexity index is 150. The number of esters is 1. The van der Waals surface area contributed by atoms with Gasteiger partial charge in [-0.15, -0.1) is 0 Å². The minimum Gasteiger partial charge on any atom is -0.439 e. The minimum atomic E-state index is -0.404. The Morgan fingerprint density at radius 3 is 1.80 bits per heavy atom. The lowest BCUT2D eigenvalue weighted by molar-refractivity contribution is -0.204. The summed E-state index contributed by atoms with van der Waals surface area (Å²) in [6, 6.07) is 0.